The number of rotatable bonds is 4. The first kappa shape index (κ1) is 10.6. The molecule has 0 aliphatic carbocycles. The molecule has 1 unspecified atom stereocenters. The number of unbranched alkanes of at least 4 members (excludes halogenated alkanes) is 1. The smallest absolute Gasteiger partial charge is 0.305 e. The summed E-state index contributed by atoms with van der Waals surface area (Å²) in [7, 11) is 0. The maximum Gasteiger partial charge on any atom is 0.305 e. The summed E-state index contributed by atoms with van der Waals surface area (Å²) in [4.78, 5) is 10.9. The molecule has 2 nitrogen and oxygen atoms in total. The van der Waals surface area contributed by atoms with E-state index in [1.165, 1.54) is 19.3 Å². The van der Waals surface area contributed by atoms with Gasteiger partial charge in [0.15, 0.2) is 0 Å². The fraction of sp³-hybridized carbons (Fsp3) is 0.909. The van der Waals surface area contributed by atoms with Crippen LogP contribution in [0.3, 0.4) is 0 Å². The van der Waals surface area contributed by atoms with Crippen LogP contribution >= 0.6 is 0 Å². The standard InChI is InChI=1S/C11H20O2/c1-3-5-7-11(4-2)8-6-10(12)13-9-11/h3-9H2,1-2H3. The van der Waals surface area contributed by atoms with Gasteiger partial charge in [-0.25, -0.2) is 0 Å². The predicted molar refractivity (Wildman–Crippen MR) is 52.4 cm³/mol. The summed E-state index contributed by atoms with van der Waals surface area (Å²) in [6.07, 6.45) is 6.49. The van der Waals surface area contributed by atoms with Crippen LogP contribution in [0.15, 0.2) is 0 Å². The monoisotopic (exact) mass is 184 g/mol. The number of esters is 1. The van der Waals surface area contributed by atoms with Crippen LogP contribution in [-0.2, 0) is 9.53 Å². The Balaban J connectivity index is 2.44. The Bertz CT molecular complexity index is 165. The quantitative estimate of drug-likeness (QED) is 0.628. The van der Waals surface area contributed by atoms with E-state index in [2.05, 4.69) is 13.8 Å². The summed E-state index contributed by atoms with van der Waals surface area (Å²) in [5, 5.41) is 0. The molecule has 0 spiro atoms. The van der Waals surface area contributed by atoms with Crippen LogP contribution in [0.2, 0.25) is 0 Å². The molecule has 1 atom stereocenters. The normalized spacial score (nSPS) is 28.6. The van der Waals surface area contributed by atoms with E-state index in [0.717, 1.165) is 12.8 Å². The minimum atomic E-state index is -0.0134. The highest BCUT2D eigenvalue weighted by Crippen LogP contribution is 2.37. The minimum absolute atomic E-state index is 0.0134. The van der Waals surface area contributed by atoms with Crippen molar-refractivity contribution in [2.24, 2.45) is 5.41 Å². The predicted octanol–water partition coefficient (Wildman–Crippen LogP) is 2.91. The summed E-state index contributed by atoms with van der Waals surface area (Å²) >= 11 is 0. The first-order valence-electron chi connectivity index (χ1n) is 5.38. The van der Waals surface area contributed by atoms with Crippen molar-refractivity contribution in [1.82, 2.24) is 0 Å². The zero-order valence-corrected chi connectivity index (χ0v) is 8.77. The van der Waals surface area contributed by atoms with Crippen LogP contribution in [0, 0.1) is 5.41 Å². The SMILES string of the molecule is CCCCC1(CC)CCC(=O)OC1. The van der Waals surface area contributed by atoms with Crippen molar-refractivity contribution in [1.29, 1.82) is 0 Å². The topological polar surface area (TPSA) is 26.3 Å². The van der Waals surface area contributed by atoms with E-state index in [1.807, 2.05) is 0 Å². The number of cyclic esters (lactones) is 1. The highest BCUT2D eigenvalue weighted by atomic mass is 16.5. The number of hydrogen-bond donors (Lipinski definition) is 0. The van der Waals surface area contributed by atoms with Crippen molar-refractivity contribution >= 4 is 5.97 Å². The van der Waals surface area contributed by atoms with Gasteiger partial charge in [-0.1, -0.05) is 26.7 Å². The lowest BCUT2D eigenvalue weighted by Crippen LogP contribution is -2.33. The Hall–Kier alpha value is -0.530. The highest BCUT2D eigenvalue weighted by Gasteiger charge is 2.33. The van der Waals surface area contributed by atoms with Crippen LogP contribution in [0.1, 0.15) is 52.4 Å². The van der Waals surface area contributed by atoms with E-state index in [0.29, 0.717) is 18.4 Å². The zero-order valence-electron chi connectivity index (χ0n) is 8.77. The summed E-state index contributed by atoms with van der Waals surface area (Å²) in [6.45, 7) is 5.06. The maximum absolute atomic E-state index is 10.9. The van der Waals surface area contributed by atoms with E-state index in [1.54, 1.807) is 0 Å². The largest absolute Gasteiger partial charge is 0.465 e. The van der Waals surface area contributed by atoms with Crippen LogP contribution in [-0.4, -0.2) is 12.6 Å². The minimum Gasteiger partial charge on any atom is -0.465 e. The first-order chi connectivity index (χ1) is 6.22. The molecule has 1 aliphatic heterocycles. The van der Waals surface area contributed by atoms with E-state index >= 15 is 0 Å². The molecule has 13 heavy (non-hydrogen) atoms. The van der Waals surface area contributed by atoms with Gasteiger partial charge in [-0.3, -0.25) is 4.79 Å². The molecule has 1 rings (SSSR count). The molecule has 0 aromatic carbocycles. The van der Waals surface area contributed by atoms with Gasteiger partial charge >= 0.3 is 5.97 Å². The fourth-order valence-electron chi connectivity index (χ4n) is 1.95. The lowest BCUT2D eigenvalue weighted by atomic mass is 9.76. The molecule has 0 saturated carbocycles. The molecular formula is C11H20O2. The van der Waals surface area contributed by atoms with Crippen molar-refractivity contribution in [3.63, 3.8) is 0 Å². The fourth-order valence-corrected chi connectivity index (χ4v) is 1.95. The van der Waals surface area contributed by atoms with Gasteiger partial charge in [0.1, 0.15) is 0 Å². The summed E-state index contributed by atoms with van der Waals surface area (Å²) in [5.41, 5.74) is 0.309. The second-order valence-electron chi connectivity index (χ2n) is 4.12. The van der Waals surface area contributed by atoms with E-state index in [-0.39, 0.29) is 5.97 Å². The van der Waals surface area contributed by atoms with Crippen LogP contribution in [0.5, 0.6) is 0 Å². The highest BCUT2D eigenvalue weighted by molar-refractivity contribution is 5.70. The Morgan fingerprint density at radius 1 is 1.46 bits per heavy atom. The molecule has 0 radical (unpaired) electrons. The summed E-state index contributed by atoms with van der Waals surface area (Å²) in [6, 6.07) is 0. The Kier molecular flexibility index (Phi) is 3.76. The molecule has 0 aromatic rings. The second kappa shape index (κ2) is 4.64. The third kappa shape index (κ3) is 2.71. The Morgan fingerprint density at radius 2 is 2.23 bits per heavy atom. The van der Waals surface area contributed by atoms with Crippen molar-refractivity contribution in [2.75, 3.05) is 6.61 Å². The van der Waals surface area contributed by atoms with Gasteiger partial charge in [-0.2, -0.15) is 0 Å². The van der Waals surface area contributed by atoms with Crippen LogP contribution in [0.25, 0.3) is 0 Å². The van der Waals surface area contributed by atoms with Gasteiger partial charge in [0, 0.05) is 11.8 Å². The number of carbonyl (C=O) groups is 1. The van der Waals surface area contributed by atoms with E-state index < -0.39 is 0 Å². The number of ether oxygens (including phenoxy) is 1. The third-order valence-electron chi connectivity index (χ3n) is 3.21. The molecule has 1 saturated heterocycles. The van der Waals surface area contributed by atoms with Gasteiger partial charge in [-0.15, -0.1) is 0 Å². The van der Waals surface area contributed by atoms with Gasteiger partial charge in [0.25, 0.3) is 0 Å². The Labute approximate surface area is 80.7 Å². The van der Waals surface area contributed by atoms with E-state index in [9.17, 15) is 4.79 Å². The molecule has 1 heterocycles. The van der Waals surface area contributed by atoms with Gasteiger partial charge in [0.2, 0.25) is 0 Å². The maximum atomic E-state index is 10.9. The third-order valence-corrected chi connectivity index (χ3v) is 3.21. The van der Waals surface area contributed by atoms with Gasteiger partial charge in [0.05, 0.1) is 6.61 Å². The first-order valence-corrected chi connectivity index (χ1v) is 5.38. The molecule has 0 bridgehead atoms. The van der Waals surface area contributed by atoms with Crippen LogP contribution in [0.4, 0.5) is 0 Å². The Morgan fingerprint density at radius 3 is 2.69 bits per heavy atom. The molecule has 0 N–H and O–H groups in total. The molecular weight excluding hydrogens is 164 g/mol. The average Bonchev–Trinajstić information content (AvgIpc) is 2.18. The van der Waals surface area contributed by atoms with Gasteiger partial charge in [-0.05, 0) is 19.3 Å². The molecule has 1 aliphatic rings. The molecule has 76 valence electrons. The molecule has 2 heteroatoms. The molecule has 1 fully saturated rings. The summed E-state index contributed by atoms with van der Waals surface area (Å²) in [5.74, 6) is -0.0134. The number of hydrogen-bond acceptors (Lipinski definition) is 2. The van der Waals surface area contributed by atoms with Crippen LogP contribution < -0.4 is 0 Å². The van der Waals surface area contributed by atoms with Gasteiger partial charge < -0.3 is 4.74 Å². The average molecular weight is 184 g/mol. The summed E-state index contributed by atoms with van der Waals surface area (Å²) < 4.78 is 5.14. The second-order valence-corrected chi connectivity index (χ2v) is 4.12. The lowest BCUT2D eigenvalue weighted by Gasteiger charge is -2.35. The van der Waals surface area contributed by atoms with E-state index in [4.69, 9.17) is 4.74 Å². The van der Waals surface area contributed by atoms with Crippen molar-refractivity contribution in [3.8, 4) is 0 Å². The number of carbonyl (C=O) groups excluding carboxylic acids is 1. The molecule has 0 amide bonds. The van der Waals surface area contributed by atoms with Crippen molar-refractivity contribution < 1.29 is 9.53 Å². The molecule has 0 aromatic heterocycles. The lowest BCUT2D eigenvalue weighted by molar-refractivity contribution is -0.155. The van der Waals surface area contributed by atoms with Crippen molar-refractivity contribution in [2.45, 2.75) is 52.4 Å². The zero-order chi connectivity index (χ0) is 9.73. The van der Waals surface area contributed by atoms with Crippen molar-refractivity contribution in [3.05, 3.63) is 0 Å².